The summed E-state index contributed by atoms with van der Waals surface area (Å²) in [5.74, 6) is 1.68. The van der Waals surface area contributed by atoms with Crippen molar-refractivity contribution in [1.29, 1.82) is 0 Å². The summed E-state index contributed by atoms with van der Waals surface area (Å²) < 4.78 is 10.4. The molecular weight excluding hydrogens is 204 g/mol. The standard InChI is InChI=1S/C10H13ClO3/c1-13-9-3-2-8(7-12)6-10(9)14-5-4-11/h2-3,6,12H,4-5,7H2,1H3. The molecule has 0 aliphatic heterocycles. The minimum atomic E-state index is -0.0127. The van der Waals surface area contributed by atoms with E-state index in [-0.39, 0.29) is 6.61 Å². The van der Waals surface area contributed by atoms with E-state index in [9.17, 15) is 0 Å². The van der Waals surface area contributed by atoms with Gasteiger partial charge < -0.3 is 14.6 Å². The van der Waals surface area contributed by atoms with E-state index >= 15 is 0 Å². The van der Waals surface area contributed by atoms with E-state index < -0.39 is 0 Å². The third-order valence-corrected chi connectivity index (χ3v) is 1.90. The van der Waals surface area contributed by atoms with Gasteiger partial charge in [-0.2, -0.15) is 0 Å². The molecule has 14 heavy (non-hydrogen) atoms. The van der Waals surface area contributed by atoms with E-state index in [0.29, 0.717) is 24.0 Å². The van der Waals surface area contributed by atoms with Crippen LogP contribution in [0.2, 0.25) is 0 Å². The fourth-order valence-corrected chi connectivity index (χ4v) is 1.16. The van der Waals surface area contributed by atoms with Gasteiger partial charge in [0.15, 0.2) is 11.5 Å². The second kappa shape index (κ2) is 5.73. The smallest absolute Gasteiger partial charge is 0.161 e. The lowest BCUT2D eigenvalue weighted by molar-refractivity contribution is 0.278. The van der Waals surface area contributed by atoms with E-state index in [4.69, 9.17) is 26.2 Å². The summed E-state index contributed by atoms with van der Waals surface area (Å²) in [6.45, 7) is 0.411. The van der Waals surface area contributed by atoms with Gasteiger partial charge in [-0.1, -0.05) is 6.07 Å². The summed E-state index contributed by atoms with van der Waals surface area (Å²) in [7, 11) is 1.57. The molecule has 0 radical (unpaired) electrons. The van der Waals surface area contributed by atoms with E-state index in [1.165, 1.54) is 0 Å². The molecule has 0 heterocycles. The Morgan fingerprint density at radius 2 is 2.14 bits per heavy atom. The second-order valence-electron chi connectivity index (χ2n) is 2.68. The van der Waals surface area contributed by atoms with E-state index in [1.807, 2.05) is 0 Å². The van der Waals surface area contributed by atoms with Gasteiger partial charge in [-0.15, -0.1) is 11.6 Å². The predicted molar refractivity (Wildman–Crippen MR) is 55.1 cm³/mol. The Hall–Kier alpha value is -0.930. The number of hydrogen-bond donors (Lipinski definition) is 1. The van der Waals surface area contributed by atoms with Crippen molar-refractivity contribution < 1.29 is 14.6 Å². The molecular formula is C10H13ClO3. The number of hydrogen-bond acceptors (Lipinski definition) is 3. The third-order valence-electron chi connectivity index (χ3n) is 1.75. The maximum atomic E-state index is 8.93. The van der Waals surface area contributed by atoms with Crippen molar-refractivity contribution in [3.63, 3.8) is 0 Å². The topological polar surface area (TPSA) is 38.7 Å². The van der Waals surface area contributed by atoms with Gasteiger partial charge in [0.05, 0.1) is 19.6 Å². The van der Waals surface area contributed by atoms with E-state index in [2.05, 4.69) is 0 Å². The van der Waals surface area contributed by atoms with Gasteiger partial charge in [0.1, 0.15) is 6.61 Å². The first kappa shape index (κ1) is 11.1. The number of ether oxygens (including phenoxy) is 2. The minimum Gasteiger partial charge on any atom is -0.493 e. The Balaban J connectivity index is 2.84. The van der Waals surface area contributed by atoms with Gasteiger partial charge in [-0.3, -0.25) is 0 Å². The fraction of sp³-hybridized carbons (Fsp3) is 0.400. The van der Waals surface area contributed by atoms with Crippen LogP contribution in [-0.2, 0) is 6.61 Å². The number of methoxy groups -OCH3 is 1. The highest BCUT2D eigenvalue weighted by Gasteiger charge is 2.04. The Bertz CT molecular complexity index is 289. The zero-order valence-electron chi connectivity index (χ0n) is 8.00. The average molecular weight is 217 g/mol. The molecule has 4 heteroatoms. The number of benzene rings is 1. The normalized spacial score (nSPS) is 9.93. The van der Waals surface area contributed by atoms with Gasteiger partial charge in [-0.05, 0) is 17.7 Å². The van der Waals surface area contributed by atoms with Crippen molar-refractivity contribution in [3.8, 4) is 11.5 Å². The lowest BCUT2D eigenvalue weighted by atomic mass is 10.2. The van der Waals surface area contributed by atoms with Gasteiger partial charge >= 0.3 is 0 Å². The molecule has 0 spiro atoms. The lowest BCUT2D eigenvalue weighted by Crippen LogP contribution is -2.00. The van der Waals surface area contributed by atoms with Crippen molar-refractivity contribution in [2.45, 2.75) is 6.61 Å². The van der Waals surface area contributed by atoms with Crippen molar-refractivity contribution in [1.82, 2.24) is 0 Å². The Morgan fingerprint density at radius 1 is 1.36 bits per heavy atom. The molecule has 0 fully saturated rings. The highest BCUT2D eigenvalue weighted by atomic mass is 35.5. The first-order chi connectivity index (χ1) is 6.81. The van der Waals surface area contributed by atoms with Crippen LogP contribution in [0.1, 0.15) is 5.56 Å². The molecule has 0 aromatic heterocycles. The molecule has 78 valence electrons. The Labute approximate surface area is 88.2 Å². The Kier molecular flexibility index (Phi) is 4.56. The molecule has 0 saturated heterocycles. The van der Waals surface area contributed by atoms with Crippen LogP contribution in [0.5, 0.6) is 11.5 Å². The highest BCUT2D eigenvalue weighted by molar-refractivity contribution is 6.18. The molecule has 1 rings (SSSR count). The maximum Gasteiger partial charge on any atom is 0.161 e. The second-order valence-corrected chi connectivity index (χ2v) is 3.06. The lowest BCUT2D eigenvalue weighted by Gasteiger charge is -2.10. The quantitative estimate of drug-likeness (QED) is 0.763. The number of aliphatic hydroxyl groups excluding tert-OH is 1. The molecule has 0 amide bonds. The van der Waals surface area contributed by atoms with Crippen molar-refractivity contribution in [3.05, 3.63) is 23.8 Å². The largest absolute Gasteiger partial charge is 0.493 e. The first-order valence-electron chi connectivity index (χ1n) is 4.28. The van der Waals surface area contributed by atoms with Crippen molar-refractivity contribution >= 4 is 11.6 Å². The third kappa shape index (κ3) is 2.79. The first-order valence-corrected chi connectivity index (χ1v) is 4.81. The summed E-state index contributed by atoms with van der Waals surface area (Å²) in [5.41, 5.74) is 0.787. The van der Waals surface area contributed by atoms with Crippen LogP contribution in [0.25, 0.3) is 0 Å². The molecule has 1 aromatic carbocycles. The SMILES string of the molecule is COc1ccc(CO)cc1OCCCl. The van der Waals surface area contributed by atoms with Crippen molar-refractivity contribution in [2.24, 2.45) is 0 Å². The zero-order valence-corrected chi connectivity index (χ0v) is 8.75. The average Bonchev–Trinajstić information content (AvgIpc) is 2.25. The van der Waals surface area contributed by atoms with Gasteiger partial charge in [-0.25, -0.2) is 0 Å². The molecule has 0 saturated carbocycles. The van der Waals surface area contributed by atoms with Crippen LogP contribution in [-0.4, -0.2) is 24.7 Å². The van der Waals surface area contributed by atoms with Gasteiger partial charge in [0.2, 0.25) is 0 Å². The van der Waals surface area contributed by atoms with Crippen LogP contribution < -0.4 is 9.47 Å². The maximum absolute atomic E-state index is 8.93. The molecule has 1 N–H and O–H groups in total. The molecule has 3 nitrogen and oxygen atoms in total. The van der Waals surface area contributed by atoms with Crippen LogP contribution in [0, 0.1) is 0 Å². The van der Waals surface area contributed by atoms with Crippen LogP contribution in [0.15, 0.2) is 18.2 Å². The summed E-state index contributed by atoms with van der Waals surface area (Å²) in [6, 6.07) is 5.28. The molecule has 0 unspecified atom stereocenters. The molecule has 0 aliphatic rings. The van der Waals surface area contributed by atoms with Crippen LogP contribution >= 0.6 is 11.6 Å². The van der Waals surface area contributed by atoms with Gasteiger partial charge in [0, 0.05) is 0 Å². The summed E-state index contributed by atoms with van der Waals surface area (Å²) in [4.78, 5) is 0. The van der Waals surface area contributed by atoms with E-state index in [0.717, 1.165) is 5.56 Å². The highest BCUT2D eigenvalue weighted by Crippen LogP contribution is 2.27. The number of rotatable bonds is 5. The molecule has 1 aromatic rings. The van der Waals surface area contributed by atoms with Crippen LogP contribution in [0.4, 0.5) is 0 Å². The number of aliphatic hydroxyl groups is 1. The predicted octanol–water partition coefficient (Wildman–Crippen LogP) is 1.81. The Morgan fingerprint density at radius 3 is 2.71 bits per heavy atom. The van der Waals surface area contributed by atoms with Crippen LogP contribution in [0.3, 0.4) is 0 Å². The zero-order chi connectivity index (χ0) is 10.4. The summed E-state index contributed by atoms with van der Waals surface area (Å²) in [6.07, 6.45) is 0. The fourth-order valence-electron chi connectivity index (χ4n) is 1.08. The summed E-state index contributed by atoms with van der Waals surface area (Å²) in [5, 5.41) is 8.93. The van der Waals surface area contributed by atoms with E-state index in [1.54, 1.807) is 25.3 Å². The summed E-state index contributed by atoms with van der Waals surface area (Å²) >= 11 is 5.51. The van der Waals surface area contributed by atoms with Gasteiger partial charge in [0.25, 0.3) is 0 Å². The van der Waals surface area contributed by atoms with Crippen molar-refractivity contribution in [2.75, 3.05) is 19.6 Å². The number of alkyl halides is 1. The molecule has 0 atom stereocenters. The molecule has 0 aliphatic carbocycles. The monoisotopic (exact) mass is 216 g/mol. The number of halogens is 1. The molecule has 0 bridgehead atoms. The minimum absolute atomic E-state index is 0.0127.